The molecule has 0 amide bonds. The molecule has 2 rings (SSSR count). The number of quaternary nitrogens is 1. The Hall–Kier alpha value is -1.84. The summed E-state index contributed by atoms with van der Waals surface area (Å²) < 4.78 is 0. The number of nitrogens with one attached hydrogen (secondary N) is 1. The van der Waals surface area contributed by atoms with Crippen LogP contribution in [0.15, 0.2) is 48.5 Å². The molecule has 2 aromatic rings. The third-order valence-electron chi connectivity index (χ3n) is 2.52. The van der Waals surface area contributed by atoms with Crippen molar-refractivity contribution in [1.29, 1.82) is 0 Å². The summed E-state index contributed by atoms with van der Waals surface area (Å²) >= 11 is 0. The molecule has 0 fully saturated rings. The van der Waals surface area contributed by atoms with Crippen molar-refractivity contribution < 1.29 is 10.1 Å². The topological polar surface area (TPSA) is 36.7 Å². The van der Waals surface area contributed by atoms with Crippen LogP contribution in [-0.4, -0.2) is 0 Å². The van der Waals surface area contributed by atoms with Crippen LogP contribution in [0.1, 0.15) is 11.1 Å². The predicted molar refractivity (Wildman–Crippen MR) is 67.0 cm³/mol. The average Bonchev–Trinajstić information content (AvgIpc) is 2.33. The van der Waals surface area contributed by atoms with E-state index in [9.17, 15) is 5.21 Å². The quantitative estimate of drug-likeness (QED) is 0.820. The second-order valence-corrected chi connectivity index (χ2v) is 4.07. The van der Waals surface area contributed by atoms with Gasteiger partial charge in [-0.1, -0.05) is 35.4 Å². The Morgan fingerprint density at radius 1 is 0.824 bits per heavy atom. The van der Waals surface area contributed by atoms with Crippen LogP contribution in [0, 0.1) is 19.1 Å². The number of rotatable bonds is 3. The van der Waals surface area contributed by atoms with Crippen molar-refractivity contribution in [3.05, 3.63) is 64.9 Å². The van der Waals surface area contributed by atoms with E-state index in [0.29, 0.717) is 11.4 Å². The van der Waals surface area contributed by atoms with Gasteiger partial charge < -0.3 is 10.0 Å². The highest BCUT2D eigenvalue weighted by molar-refractivity contribution is 5.32. The highest BCUT2D eigenvalue weighted by atomic mass is 16.9. The normalized spacial score (nSPS) is 12.2. The fourth-order valence-electron chi connectivity index (χ4n) is 1.46. The van der Waals surface area contributed by atoms with Crippen LogP contribution in [0.5, 0.6) is 5.75 Å². The Kier molecular flexibility index (Phi) is 3.42. The van der Waals surface area contributed by atoms with E-state index in [0.717, 1.165) is 11.1 Å². The van der Waals surface area contributed by atoms with Gasteiger partial charge in [-0.05, 0) is 26.0 Å². The molecule has 2 aromatic carbocycles. The standard InChI is InChI=1S/C14H15NO2/c1-11-3-7-13(8-4-11)15(16)17-14-9-5-12(2)6-10-14/h3-10,15H,1-2H3. The third kappa shape index (κ3) is 3.06. The van der Waals surface area contributed by atoms with E-state index in [1.54, 1.807) is 24.3 Å². The van der Waals surface area contributed by atoms with E-state index in [4.69, 9.17) is 4.84 Å². The minimum absolute atomic E-state index is 0.325. The van der Waals surface area contributed by atoms with Crippen LogP contribution in [0.25, 0.3) is 0 Å². The highest BCUT2D eigenvalue weighted by Gasteiger charge is 2.04. The predicted octanol–water partition coefficient (Wildman–Crippen LogP) is 2.31. The highest BCUT2D eigenvalue weighted by Crippen LogP contribution is 2.10. The molecule has 0 bridgehead atoms. The van der Waals surface area contributed by atoms with E-state index in [1.807, 2.05) is 38.1 Å². The molecule has 0 spiro atoms. The molecule has 0 saturated carbocycles. The molecule has 3 nitrogen and oxygen atoms in total. The molecular formula is C14H15NO2. The van der Waals surface area contributed by atoms with E-state index in [1.165, 1.54) is 0 Å². The van der Waals surface area contributed by atoms with Gasteiger partial charge in [0.15, 0.2) is 11.4 Å². The Bertz CT molecular complexity index is 477. The molecule has 0 aliphatic carbocycles. The zero-order valence-corrected chi connectivity index (χ0v) is 9.94. The molecule has 88 valence electrons. The summed E-state index contributed by atoms with van der Waals surface area (Å²) in [5.41, 5.74) is 2.83. The lowest BCUT2D eigenvalue weighted by Crippen LogP contribution is -3.04. The first-order valence-corrected chi connectivity index (χ1v) is 5.51. The summed E-state index contributed by atoms with van der Waals surface area (Å²) in [4.78, 5) is 5.26. The van der Waals surface area contributed by atoms with Crippen molar-refractivity contribution in [3.63, 3.8) is 0 Å². The summed E-state index contributed by atoms with van der Waals surface area (Å²) in [6.07, 6.45) is 0. The van der Waals surface area contributed by atoms with Gasteiger partial charge in [0, 0.05) is 12.1 Å². The van der Waals surface area contributed by atoms with Crippen molar-refractivity contribution in [3.8, 4) is 5.75 Å². The van der Waals surface area contributed by atoms with Gasteiger partial charge in [0.25, 0.3) is 0 Å². The van der Waals surface area contributed by atoms with Gasteiger partial charge in [0.05, 0.1) is 0 Å². The summed E-state index contributed by atoms with van der Waals surface area (Å²) in [7, 11) is 0. The average molecular weight is 229 g/mol. The fraction of sp³-hybridized carbons (Fsp3) is 0.143. The van der Waals surface area contributed by atoms with Crippen molar-refractivity contribution in [2.24, 2.45) is 0 Å². The van der Waals surface area contributed by atoms with E-state index in [2.05, 4.69) is 0 Å². The molecule has 1 atom stereocenters. The molecule has 3 heteroatoms. The first-order chi connectivity index (χ1) is 8.15. The van der Waals surface area contributed by atoms with Crippen molar-refractivity contribution in [2.75, 3.05) is 0 Å². The zero-order valence-electron chi connectivity index (χ0n) is 9.94. The lowest BCUT2D eigenvalue weighted by atomic mass is 10.2. The first kappa shape index (κ1) is 11.6. The molecule has 0 radical (unpaired) electrons. The molecule has 0 heterocycles. The Morgan fingerprint density at radius 2 is 1.29 bits per heavy atom. The Balaban J connectivity index is 2.08. The lowest BCUT2D eigenvalue weighted by Gasteiger charge is -2.19. The minimum atomic E-state index is -0.325. The largest absolute Gasteiger partial charge is 0.585 e. The van der Waals surface area contributed by atoms with Gasteiger partial charge in [0.1, 0.15) is 0 Å². The van der Waals surface area contributed by atoms with E-state index >= 15 is 0 Å². The maximum absolute atomic E-state index is 11.8. The van der Waals surface area contributed by atoms with Crippen LogP contribution in [0.2, 0.25) is 0 Å². The maximum atomic E-state index is 11.8. The van der Waals surface area contributed by atoms with Crippen LogP contribution >= 0.6 is 0 Å². The number of hydrogen-bond acceptors (Lipinski definition) is 2. The maximum Gasteiger partial charge on any atom is 0.191 e. The summed E-state index contributed by atoms with van der Waals surface area (Å²) in [6, 6.07) is 14.7. The van der Waals surface area contributed by atoms with Crippen molar-refractivity contribution in [1.82, 2.24) is 0 Å². The summed E-state index contributed by atoms with van der Waals surface area (Å²) in [6.45, 7) is 3.97. The van der Waals surface area contributed by atoms with Crippen LogP contribution in [0.3, 0.4) is 0 Å². The SMILES string of the molecule is Cc1ccc(O[NH+]([O-])c2ccc(C)cc2)cc1. The molecule has 0 aliphatic rings. The van der Waals surface area contributed by atoms with Gasteiger partial charge in [0.2, 0.25) is 0 Å². The van der Waals surface area contributed by atoms with Crippen LogP contribution in [0.4, 0.5) is 5.69 Å². The van der Waals surface area contributed by atoms with Gasteiger partial charge in [-0.2, -0.15) is 0 Å². The fourth-order valence-corrected chi connectivity index (χ4v) is 1.46. The van der Waals surface area contributed by atoms with Gasteiger partial charge in [-0.25, -0.2) is 0 Å². The number of benzene rings is 2. The molecule has 1 unspecified atom stereocenters. The number of aryl methyl sites for hydroxylation is 2. The molecule has 1 N–H and O–H groups in total. The first-order valence-electron chi connectivity index (χ1n) is 5.51. The van der Waals surface area contributed by atoms with Gasteiger partial charge in [-0.3, -0.25) is 0 Å². The monoisotopic (exact) mass is 229 g/mol. The third-order valence-corrected chi connectivity index (χ3v) is 2.52. The van der Waals surface area contributed by atoms with Crippen molar-refractivity contribution in [2.45, 2.75) is 13.8 Å². The Labute approximate surface area is 101 Å². The van der Waals surface area contributed by atoms with E-state index in [-0.39, 0.29) is 5.23 Å². The molecule has 17 heavy (non-hydrogen) atoms. The smallest absolute Gasteiger partial charge is 0.191 e. The molecule has 0 aliphatic heterocycles. The van der Waals surface area contributed by atoms with E-state index < -0.39 is 0 Å². The summed E-state index contributed by atoms with van der Waals surface area (Å²) in [5.74, 6) is 0.571. The Morgan fingerprint density at radius 3 is 1.82 bits per heavy atom. The molecular weight excluding hydrogens is 214 g/mol. The second-order valence-electron chi connectivity index (χ2n) is 4.07. The molecule has 0 saturated heterocycles. The van der Waals surface area contributed by atoms with Crippen LogP contribution in [-0.2, 0) is 0 Å². The van der Waals surface area contributed by atoms with Gasteiger partial charge in [-0.15, -0.1) is 5.23 Å². The number of hydrogen-bond donors (Lipinski definition) is 1. The lowest BCUT2D eigenvalue weighted by molar-refractivity contribution is -0.963. The van der Waals surface area contributed by atoms with Crippen molar-refractivity contribution >= 4 is 5.69 Å². The minimum Gasteiger partial charge on any atom is -0.585 e. The van der Waals surface area contributed by atoms with Gasteiger partial charge >= 0.3 is 0 Å². The molecule has 0 aromatic heterocycles. The second kappa shape index (κ2) is 4.99. The zero-order chi connectivity index (χ0) is 12.3. The van der Waals surface area contributed by atoms with Crippen LogP contribution < -0.4 is 10.1 Å². The summed E-state index contributed by atoms with van der Waals surface area (Å²) in [5, 5.41) is 11.5.